The van der Waals surface area contributed by atoms with Crippen LogP contribution in [0.1, 0.15) is 43.1 Å². The van der Waals surface area contributed by atoms with Crippen LogP contribution >= 0.6 is 0 Å². The van der Waals surface area contributed by atoms with Crippen molar-refractivity contribution in [1.29, 1.82) is 0 Å². The number of benzene rings is 2. The average Bonchev–Trinajstić information content (AvgIpc) is 3.36. The maximum Gasteiger partial charge on any atom is 0.338 e. The number of nitrogens with zero attached hydrogens (tertiary/aromatic N) is 5. The monoisotopic (exact) mass is 489 g/mol. The first-order chi connectivity index (χ1) is 17.6. The number of anilines is 3. The highest BCUT2D eigenvalue weighted by Crippen LogP contribution is 2.25. The molecule has 2 aromatic carbocycles. The topological polar surface area (TPSA) is 118 Å². The number of carbonyl (C=O) groups is 1. The maximum absolute atomic E-state index is 11.9. The van der Waals surface area contributed by atoms with Crippen molar-refractivity contribution in [3.8, 4) is 0 Å². The van der Waals surface area contributed by atoms with E-state index in [2.05, 4.69) is 74.1 Å². The second-order valence-electron chi connectivity index (χ2n) is 8.52. The minimum Gasteiger partial charge on any atom is -0.462 e. The van der Waals surface area contributed by atoms with Crippen LogP contribution in [0.4, 0.5) is 17.3 Å². The van der Waals surface area contributed by atoms with Crippen molar-refractivity contribution in [1.82, 2.24) is 20.3 Å². The number of ether oxygens (including phenoxy) is 1. The fourth-order valence-electron chi connectivity index (χ4n) is 3.88. The molecule has 1 unspecified atom stereocenters. The fraction of sp³-hybridized carbons (Fsp3) is 0.346. The molecular formula is C26H31N7O3. The molecule has 0 fully saturated rings. The molecule has 4 rings (SSSR count). The number of fused-ring (bicyclic) bond motifs is 1. The molecule has 0 spiro atoms. The van der Waals surface area contributed by atoms with E-state index in [9.17, 15) is 4.79 Å². The summed E-state index contributed by atoms with van der Waals surface area (Å²) in [5.74, 6) is 1.31. The van der Waals surface area contributed by atoms with Gasteiger partial charge < -0.3 is 9.64 Å². The molecule has 10 nitrogen and oxygen atoms in total. The Balaban J connectivity index is 1.46. The number of hydrogen-bond donors (Lipinski definition) is 2. The first-order valence-corrected chi connectivity index (χ1v) is 12.2. The Morgan fingerprint density at radius 3 is 2.42 bits per heavy atom. The van der Waals surface area contributed by atoms with Crippen LogP contribution in [-0.4, -0.2) is 45.9 Å². The van der Waals surface area contributed by atoms with E-state index in [-0.39, 0.29) is 5.97 Å². The highest BCUT2D eigenvalue weighted by molar-refractivity contribution is 5.89. The van der Waals surface area contributed by atoms with E-state index in [1.165, 1.54) is 5.56 Å². The minimum absolute atomic E-state index is 0.314. The molecule has 0 bridgehead atoms. The lowest BCUT2D eigenvalue weighted by Gasteiger charge is -2.25. The van der Waals surface area contributed by atoms with Crippen LogP contribution in [0.2, 0.25) is 0 Å². The lowest BCUT2D eigenvalue weighted by Crippen LogP contribution is -2.28. The number of nitrogens with one attached hydrogen (secondary N) is 2. The van der Waals surface area contributed by atoms with E-state index in [4.69, 9.17) is 9.37 Å². The second-order valence-corrected chi connectivity index (χ2v) is 8.52. The number of hydrogen-bond acceptors (Lipinski definition) is 10. The van der Waals surface area contributed by atoms with Crippen molar-refractivity contribution in [2.75, 3.05) is 35.4 Å². The Labute approximate surface area is 210 Å². The van der Waals surface area contributed by atoms with Crippen LogP contribution in [0.3, 0.4) is 0 Å². The average molecular weight is 490 g/mol. The molecular weight excluding hydrogens is 458 g/mol. The molecule has 188 valence electrons. The maximum atomic E-state index is 11.9. The van der Waals surface area contributed by atoms with E-state index < -0.39 is 0 Å². The largest absolute Gasteiger partial charge is 0.462 e. The van der Waals surface area contributed by atoms with Gasteiger partial charge in [0, 0.05) is 13.1 Å². The number of rotatable bonds is 12. The van der Waals surface area contributed by atoms with Crippen LogP contribution in [0.25, 0.3) is 11.3 Å². The summed E-state index contributed by atoms with van der Waals surface area (Å²) in [6, 6.07) is 17.5. The van der Waals surface area contributed by atoms with Gasteiger partial charge in [-0.2, -0.15) is 4.98 Å². The molecule has 10 heteroatoms. The van der Waals surface area contributed by atoms with Crippen molar-refractivity contribution >= 4 is 34.6 Å². The zero-order chi connectivity index (χ0) is 25.3. The summed E-state index contributed by atoms with van der Waals surface area (Å²) in [6.45, 7) is 8.00. The van der Waals surface area contributed by atoms with Gasteiger partial charge in [0.15, 0.2) is 11.6 Å². The molecule has 0 saturated heterocycles. The van der Waals surface area contributed by atoms with E-state index >= 15 is 0 Å². The quantitative estimate of drug-likeness (QED) is 0.214. The van der Waals surface area contributed by atoms with Crippen LogP contribution in [0.15, 0.2) is 59.2 Å². The number of aromatic nitrogens is 4. The minimum atomic E-state index is -0.353. The van der Waals surface area contributed by atoms with E-state index in [0.717, 1.165) is 31.6 Å². The zero-order valence-corrected chi connectivity index (χ0v) is 20.8. The molecule has 36 heavy (non-hydrogen) atoms. The van der Waals surface area contributed by atoms with Crippen molar-refractivity contribution in [3.63, 3.8) is 0 Å². The van der Waals surface area contributed by atoms with Crippen LogP contribution in [-0.2, 0) is 11.2 Å². The van der Waals surface area contributed by atoms with Crippen LogP contribution < -0.4 is 15.8 Å². The molecule has 2 heterocycles. The van der Waals surface area contributed by atoms with Gasteiger partial charge in [-0.15, -0.1) is 0 Å². The Bertz CT molecular complexity index is 1260. The molecule has 0 aliphatic heterocycles. The molecule has 0 aliphatic rings. The molecule has 2 N–H and O–H groups in total. The second kappa shape index (κ2) is 12.0. The summed E-state index contributed by atoms with van der Waals surface area (Å²) in [6.07, 6.45) is 2.01. The molecule has 1 atom stereocenters. The summed E-state index contributed by atoms with van der Waals surface area (Å²) < 4.78 is 9.87. The predicted octanol–water partition coefficient (Wildman–Crippen LogP) is 4.72. The van der Waals surface area contributed by atoms with Crippen molar-refractivity contribution in [2.45, 2.75) is 33.6 Å². The third-order valence-electron chi connectivity index (χ3n) is 5.82. The Morgan fingerprint density at radius 2 is 1.72 bits per heavy atom. The summed E-state index contributed by atoms with van der Waals surface area (Å²) in [5.41, 5.74) is 9.49. The predicted molar refractivity (Wildman–Crippen MR) is 139 cm³/mol. The van der Waals surface area contributed by atoms with Gasteiger partial charge in [0.1, 0.15) is 0 Å². The molecule has 2 aromatic heterocycles. The Hall–Kier alpha value is -4.21. The van der Waals surface area contributed by atoms with E-state index in [0.29, 0.717) is 41.0 Å². The number of hydrazine groups is 1. The van der Waals surface area contributed by atoms with Gasteiger partial charge in [0.2, 0.25) is 11.3 Å². The normalized spacial score (nSPS) is 11.8. The van der Waals surface area contributed by atoms with Crippen molar-refractivity contribution in [2.24, 2.45) is 5.92 Å². The number of esters is 1. The van der Waals surface area contributed by atoms with Gasteiger partial charge in [-0.05, 0) is 72.7 Å². The van der Waals surface area contributed by atoms with Gasteiger partial charge >= 0.3 is 5.97 Å². The van der Waals surface area contributed by atoms with Crippen molar-refractivity contribution < 1.29 is 14.2 Å². The van der Waals surface area contributed by atoms with Gasteiger partial charge in [-0.25, -0.2) is 14.4 Å². The summed E-state index contributed by atoms with van der Waals surface area (Å²) >= 11 is 0. The SMILES string of the molecule is CCOC(=O)c1ccc(NNc2nc3nonc3nc2N(CC)CCC(C)Cc2ccccc2)cc1. The smallest absolute Gasteiger partial charge is 0.338 e. The zero-order valence-electron chi connectivity index (χ0n) is 20.8. The van der Waals surface area contributed by atoms with Crippen molar-refractivity contribution in [3.05, 3.63) is 65.7 Å². The summed E-state index contributed by atoms with van der Waals surface area (Å²) in [4.78, 5) is 23.3. The Kier molecular flexibility index (Phi) is 8.28. The molecule has 0 saturated carbocycles. The van der Waals surface area contributed by atoms with Gasteiger partial charge in [-0.3, -0.25) is 10.9 Å². The summed E-state index contributed by atoms with van der Waals surface area (Å²) in [7, 11) is 0. The highest BCUT2D eigenvalue weighted by Gasteiger charge is 2.18. The standard InChI is InChI=1S/C26H31N7O3/c1-4-33(16-15-18(3)17-19-9-7-6-8-10-19)25-24(27-22-23(28-25)32-36-31-22)30-29-21-13-11-20(12-14-21)26(34)35-5-2/h6-14,18,29H,4-5,15-17H2,1-3H3,(H,27,30,31). The van der Waals surface area contributed by atoms with E-state index in [1.807, 2.05) is 6.07 Å². The van der Waals surface area contributed by atoms with Gasteiger partial charge in [-0.1, -0.05) is 37.3 Å². The van der Waals surface area contributed by atoms with Gasteiger partial charge in [0.05, 0.1) is 17.9 Å². The molecule has 4 aromatic rings. The third kappa shape index (κ3) is 6.26. The van der Waals surface area contributed by atoms with Gasteiger partial charge in [0.25, 0.3) is 0 Å². The highest BCUT2D eigenvalue weighted by atomic mass is 16.6. The number of carbonyl (C=O) groups excluding carboxylic acids is 1. The first kappa shape index (κ1) is 24.9. The van der Waals surface area contributed by atoms with Crippen LogP contribution in [0, 0.1) is 5.92 Å². The fourth-order valence-corrected chi connectivity index (χ4v) is 3.88. The molecule has 0 radical (unpaired) electrons. The lowest BCUT2D eigenvalue weighted by molar-refractivity contribution is 0.0526. The molecule has 0 aliphatic carbocycles. The first-order valence-electron chi connectivity index (χ1n) is 12.2. The Morgan fingerprint density at radius 1 is 1.00 bits per heavy atom. The summed E-state index contributed by atoms with van der Waals surface area (Å²) in [5, 5.41) is 7.70. The lowest BCUT2D eigenvalue weighted by atomic mass is 9.98. The third-order valence-corrected chi connectivity index (χ3v) is 5.82. The van der Waals surface area contributed by atoms with E-state index in [1.54, 1.807) is 31.2 Å². The van der Waals surface area contributed by atoms with Crippen LogP contribution in [0.5, 0.6) is 0 Å². The molecule has 0 amide bonds.